The van der Waals surface area contributed by atoms with E-state index in [1.165, 1.54) is 6.07 Å². The zero-order valence-electron chi connectivity index (χ0n) is 19.3. The van der Waals surface area contributed by atoms with Crippen LogP contribution >= 0.6 is 0 Å². The molecule has 0 amide bonds. The van der Waals surface area contributed by atoms with Crippen LogP contribution in [0.15, 0.2) is 69.7 Å². The summed E-state index contributed by atoms with van der Waals surface area (Å²) in [5.74, 6) is -0.216. The molecule has 0 fully saturated rings. The molecule has 4 aromatic rings. The number of phenols is 1. The van der Waals surface area contributed by atoms with Crippen LogP contribution in [0, 0.1) is 27.7 Å². The van der Waals surface area contributed by atoms with Gasteiger partial charge in [0.05, 0.1) is 5.69 Å². The Morgan fingerprint density at radius 3 is 1.79 bits per heavy atom. The van der Waals surface area contributed by atoms with Crippen LogP contribution in [0.4, 0.5) is 17.1 Å². The molecule has 0 saturated heterocycles. The highest BCUT2D eigenvalue weighted by Crippen LogP contribution is 2.40. The van der Waals surface area contributed by atoms with Crippen molar-refractivity contribution in [1.29, 1.82) is 0 Å². The molecule has 4 N–H and O–H groups in total. The van der Waals surface area contributed by atoms with E-state index >= 15 is 0 Å². The maximum absolute atomic E-state index is 11.9. The Balaban J connectivity index is 1.80. The van der Waals surface area contributed by atoms with Crippen molar-refractivity contribution in [2.45, 2.75) is 32.6 Å². The molecule has 0 aliphatic carbocycles. The molecule has 0 spiro atoms. The monoisotopic (exact) mass is 475 g/mol. The minimum Gasteiger partial charge on any atom is -0.505 e. The van der Waals surface area contributed by atoms with E-state index in [9.17, 15) is 18.1 Å². The van der Waals surface area contributed by atoms with E-state index in [4.69, 9.17) is 5.73 Å². The average molecular weight is 476 g/mol. The largest absolute Gasteiger partial charge is 0.505 e. The average Bonchev–Trinajstić information content (AvgIpc) is 2.77. The van der Waals surface area contributed by atoms with Crippen LogP contribution in [0.25, 0.3) is 21.9 Å². The second-order valence-corrected chi connectivity index (χ2v) is 9.84. The molecule has 34 heavy (non-hydrogen) atoms. The molecule has 8 heteroatoms. The number of hydrogen-bond acceptors (Lipinski definition) is 6. The van der Waals surface area contributed by atoms with Crippen molar-refractivity contribution in [3.8, 4) is 16.9 Å². The molecular weight excluding hydrogens is 450 g/mol. The minimum absolute atomic E-state index is 0.0565. The van der Waals surface area contributed by atoms with Gasteiger partial charge in [-0.15, -0.1) is 10.2 Å². The molecule has 4 aromatic carbocycles. The molecule has 0 bridgehead atoms. The molecule has 0 radical (unpaired) electrons. The van der Waals surface area contributed by atoms with Gasteiger partial charge in [0.2, 0.25) is 0 Å². The number of nitrogens with two attached hydrogens (primary N) is 1. The summed E-state index contributed by atoms with van der Waals surface area (Å²) < 4.78 is 33.5. The van der Waals surface area contributed by atoms with Crippen molar-refractivity contribution in [2.24, 2.45) is 10.2 Å². The number of phenolic OH excluding ortho intramolecular Hbond substituents is 1. The maximum Gasteiger partial charge on any atom is 0.295 e. The van der Waals surface area contributed by atoms with Gasteiger partial charge < -0.3 is 10.8 Å². The van der Waals surface area contributed by atoms with Crippen molar-refractivity contribution in [1.82, 2.24) is 0 Å². The first kappa shape index (κ1) is 23.4. The van der Waals surface area contributed by atoms with Crippen LogP contribution in [0.3, 0.4) is 0 Å². The first-order chi connectivity index (χ1) is 16.0. The van der Waals surface area contributed by atoms with E-state index in [0.29, 0.717) is 5.69 Å². The third kappa shape index (κ3) is 4.25. The van der Waals surface area contributed by atoms with Gasteiger partial charge in [-0.2, -0.15) is 8.42 Å². The predicted molar refractivity (Wildman–Crippen MR) is 135 cm³/mol. The molecular formula is C26H25N3O4S. The predicted octanol–water partition coefficient (Wildman–Crippen LogP) is 6.69. The number of azo groups is 1. The van der Waals surface area contributed by atoms with Crippen LogP contribution < -0.4 is 5.73 Å². The standard InChI is InChI=1S/C26H25N3O4S/c1-14-9-18(10-15(2)24(14)27)19-11-16(3)25(17(4)12-19)29-28-22-13-23(34(31,32)33)20-7-5-6-8-21(20)26(22)30/h5-13,30H,27H2,1-4H3,(H,31,32,33). The van der Waals surface area contributed by atoms with E-state index in [1.807, 2.05) is 52.0 Å². The highest BCUT2D eigenvalue weighted by atomic mass is 32.2. The van der Waals surface area contributed by atoms with Crippen LogP contribution in [-0.2, 0) is 10.1 Å². The molecule has 174 valence electrons. The Kier molecular flexibility index (Phi) is 5.89. The first-order valence-corrected chi connectivity index (χ1v) is 12.0. The summed E-state index contributed by atoms with van der Waals surface area (Å²) >= 11 is 0. The summed E-state index contributed by atoms with van der Waals surface area (Å²) in [5, 5.41) is 19.6. The lowest BCUT2D eigenvalue weighted by Gasteiger charge is -2.12. The third-order valence-corrected chi connectivity index (χ3v) is 6.81. The van der Waals surface area contributed by atoms with E-state index in [0.717, 1.165) is 45.1 Å². The fourth-order valence-corrected chi connectivity index (χ4v) is 4.84. The highest BCUT2D eigenvalue weighted by molar-refractivity contribution is 7.86. The van der Waals surface area contributed by atoms with Gasteiger partial charge in [-0.3, -0.25) is 4.55 Å². The van der Waals surface area contributed by atoms with E-state index in [-0.39, 0.29) is 27.1 Å². The Labute approximate surface area is 198 Å². The van der Waals surface area contributed by atoms with Crippen LogP contribution in [-0.4, -0.2) is 18.1 Å². The number of anilines is 1. The molecule has 0 aromatic heterocycles. The fourth-order valence-electron chi connectivity index (χ4n) is 4.13. The van der Waals surface area contributed by atoms with Gasteiger partial charge in [0.25, 0.3) is 10.1 Å². The van der Waals surface area contributed by atoms with Gasteiger partial charge in [-0.05, 0) is 91.4 Å². The zero-order chi connectivity index (χ0) is 24.8. The normalized spacial score (nSPS) is 12.0. The summed E-state index contributed by atoms with van der Waals surface area (Å²) in [6.07, 6.45) is 0. The summed E-state index contributed by atoms with van der Waals surface area (Å²) in [6.45, 7) is 7.77. The highest BCUT2D eigenvalue weighted by Gasteiger charge is 2.19. The van der Waals surface area contributed by atoms with Crippen molar-refractivity contribution in [3.63, 3.8) is 0 Å². The maximum atomic E-state index is 11.9. The quantitative estimate of drug-likeness (QED) is 0.172. The lowest BCUT2D eigenvalue weighted by Crippen LogP contribution is -1.99. The number of nitrogen functional groups attached to an aromatic ring is 1. The molecule has 0 heterocycles. The summed E-state index contributed by atoms with van der Waals surface area (Å²) in [4.78, 5) is -0.340. The van der Waals surface area contributed by atoms with Gasteiger partial charge in [-0.25, -0.2) is 0 Å². The summed E-state index contributed by atoms with van der Waals surface area (Å²) in [5.41, 5.74) is 13.2. The smallest absolute Gasteiger partial charge is 0.295 e. The van der Waals surface area contributed by atoms with Gasteiger partial charge in [0, 0.05) is 16.5 Å². The van der Waals surface area contributed by atoms with E-state index in [1.54, 1.807) is 18.2 Å². The number of fused-ring (bicyclic) bond motifs is 1. The number of rotatable bonds is 4. The molecule has 0 saturated carbocycles. The lowest BCUT2D eigenvalue weighted by atomic mass is 9.95. The second-order valence-electron chi connectivity index (χ2n) is 8.45. The number of nitrogens with zero attached hydrogens (tertiary/aromatic N) is 2. The molecule has 0 unspecified atom stereocenters. The SMILES string of the molecule is Cc1cc(-c2cc(C)c(N=Nc3cc(S(=O)(=O)O)c4ccccc4c3O)c(C)c2)cc(C)c1N. The van der Waals surface area contributed by atoms with Crippen LogP contribution in [0.1, 0.15) is 22.3 Å². The van der Waals surface area contributed by atoms with Crippen LogP contribution in [0.5, 0.6) is 5.75 Å². The number of aryl methyl sites for hydroxylation is 4. The van der Waals surface area contributed by atoms with Crippen molar-refractivity contribution < 1.29 is 18.1 Å². The second kappa shape index (κ2) is 8.55. The first-order valence-electron chi connectivity index (χ1n) is 10.6. The zero-order valence-corrected chi connectivity index (χ0v) is 20.1. The lowest BCUT2D eigenvalue weighted by molar-refractivity contribution is 0.480. The van der Waals surface area contributed by atoms with Crippen molar-refractivity contribution in [3.05, 3.63) is 76.9 Å². The molecule has 0 atom stereocenters. The van der Waals surface area contributed by atoms with Crippen LogP contribution in [0.2, 0.25) is 0 Å². The van der Waals surface area contributed by atoms with Crippen molar-refractivity contribution in [2.75, 3.05) is 5.73 Å². The van der Waals surface area contributed by atoms with Gasteiger partial charge in [-0.1, -0.05) is 24.3 Å². The van der Waals surface area contributed by atoms with Crippen molar-refractivity contribution >= 4 is 38.0 Å². The van der Waals surface area contributed by atoms with Gasteiger partial charge in [0.1, 0.15) is 10.6 Å². The molecule has 0 aliphatic heterocycles. The topological polar surface area (TPSA) is 125 Å². The number of benzene rings is 4. The van der Waals surface area contributed by atoms with Gasteiger partial charge >= 0.3 is 0 Å². The summed E-state index contributed by atoms with van der Waals surface area (Å²) in [7, 11) is -4.54. The molecule has 0 aliphatic rings. The molecule has 7 nitrogen and oxygen atoms in total. The summed E-state index contributed by atoms with van der Waals surface area (Å²) in [6, 6.07) is 15.5. The Morgan fingerprint density at radius 2 is 1.26 bits per heavy atom. The Morgan fingerprint density at radius 1 is 0.765 bits per heavy atom. The fraction of sp³-hybridized carbons (Fsp3) is 0.154. The van der Waals surface area contributed by atoms with Gasteiger partial charge in [0.15, 0.2) is 5.75 Å². The van der Waals surface area contributed by atoms with E-state index in [2.05, 4.69) is 10.2 Å². The number of hydrogen-bond donors (Lipinski definition) is 3. The number of aromatic hydroxyl groups is 1. The Bertz CT molecular complexity index is 1550. The Hall–Kier alpha value is -3.75. The minimum atomic E-state index is -4.54. The molecule has 4 rings (SSSR count). The van der Waals surface area contributed by atoms with E-state index < -0.39 is 10.1 Å². The third-order valence-electron chi connectivity index (χ3n) is 5.91.